The van der Waals surface area contributed by atoms with Gasteiger partial charge in [-0.1, -0.05) is 48.0 Å². The second kappa shape index (κ2) is 7.78. The van der Waals surface area contributed by atoms with E-state index in [1.54, 1.807) is 13.4 Å². The van der Waals surface area contributed by atoms with Crippen LogP contribution < -0.4 is 14.8 Å². The first-order valence-electron chi connectivity index (χ1n) is 10.7. The summed E-state index contributed by atoms with van der Waals surface area (Å²) in [6.07, 6.45) is 1.30. The number of para-hydroxylation sites is 1. The number of nitrogens with zero attached hydrogens (tertiary/aromatic N) is 3. The smallest absolute Gasteiger partial charge is 0.226 e. The van der Waals surface area contributed by atoms with Crippen LogP contribution in [0, 0.1) is 6.92 Å². The van der Waals surface area contributed by atoms with Crippen molar-refractivity contribution in [1.29, 1.82) is 0 Å². The Balaban J connectivity index is 1.61. The second-order valence-electron chi connectivity index (χ2n) is 8.18. The molecular formula is C26H21BrN4O2. The van der Waals surface area contributed by atoms with E-state index < -0.39 is 0 Å². The first kappa shape index (κ1) is 20.1. The number of hydrogen-bond acceptors (Lipinski definition) is 5. The third-order valence-corrected chi connectivity index (χ3v) is 6.81. The van der Waals surface area contributed by atoms with Crippen LogP contribution in [-0.2, 0) is 0 Å². The molecule has 4 aromatic rings. The quantitative estimate of drug-likeness (QED) is 0.378. The van der Waals surface area contributed by atoms with Crippen LogP contribution in [-0.4, -0.2) is 21.9 Å². The summed E-state index contributed by atoms with van der Waals surface area (Å²) in [7, 11) is 1.67. The average molecular weight is 501 g/mol. The Morgan fingerprint density at radius 2 is 1.82 bits per heavy atom. The Morgan fingerprint density at radius 1 is 1.03 bits per heavy atom. The van der Waals surface area contributed by atoms with Gasteiger partial charge < -0.3 is 14.8 Å². The Labute approximate surface area is 200 Å². The highest BCUT2D eigenvalue weighted by Gasteiger charge is 2.41. The molecule has 6 rings (SSSR count). The van der Waals surface area contributed by atoms with Crippen LogP contribution in [0.25, 0.3) is 5.70 Å². The van der Waals surface area contributed by atoms with Gasteiger partial charge in [-0.2, -0.15) is 10.1 Å². The number of ether oxygens (including phenoxy) is 2. The summed E-state index contributed by atoms with van der Waals surface area (Å²) in [4.78, 5) is 4.49. The van der Waals surface area contributed by atoms with Gasteiger partial charge in [-0.3, -0.25) is 0 Å². The van der Waals surface area contributed by atoms with Gasteiger partial charge in [-0.15, -0.1) is 0 Å². The lowest BCUT2D eigenvalue weighted by molar-refractivity contribution is 0.223. The number of fused-ring (bicyclic) bond motifs is 3. The Morgan fingerprint density at radius 3 is 2.61 bits per heavy atom. The molecule has 0 spiro atoms. The number of methoxy groups -OCH3 is 1. The molecule has 0 saturated carbocycles. The number of hydrogen-bond donors (Lipinski definition) is 1. The number of aromatic nitrogens is 3. The van der Waals surface area contributed by atoms with Crippen molar-refractivity contribution in [1.82, 2.24) is 14.8 Å². The highest BCUT2D eigenvalue weighted by Crippen LogP contribution is 2.51. The van der Waals surface area contributed by atoms with E-state index in [-0.39, 0.29) is 12.1 Å². The van der Waals surface area contributed by atoms with Crippen LogP contribution in [0.1, 0.15) is 34.4 Å². The van der Waals surface area contributed by atoms with Crippen molar-refractivity contribution in [2.24, 2.45) is 0 Å². The van der Waals surface area contributed by atoms with E-state index in [9.17, 15) is 0 Å². The molecule has 0 aliphatic carbocycles. The lowest BCUT2D eigenvalue weighted by Crippen LogP contribution is -2.32. The largest absolute Gasteiger partial charge is 0.496 e. The van der Waals surface area contributed by atoms with E-state index in [4.69, 9.17) is 9.47 Å². The molecule has 0 radical (unpaired) electrons. The third-order valence-electron chi connectivity index (χ3n) is 6.19. The van der Waals surface area contributed by atoms with Gasteiger partial charge in [0.1, 0.15) is 30.0 Å². The summed E-state index contributed by atoms with van der Waals surface area (Å²) < 4.78 is 14.9. The Bertz CT molecular complexity index is 1390. The van der Waals surface area contributed by atoms with Gasteiger partial charge in [-0.25, -0.2) is 4.68 Å². The summed E-state index contributed by atoms with van der Waals surface area (Å²) in [5.41, 5.74) is 6.48. The van der Waals surface area contributed by atoms with Crippen molar-refractivity contribution in [3.63, 3.8) is 0 Å². The molecule has 0 amide bonds. The minimum absolute atomic E-state index is 0.208. The zero-order valence-electron chi connectivity index (χ0n) is 18.1. The molecule has 6 nitrogen and oxygen atoms in total. The van der Waals surface area contributed by atoms with Gasteiger partial charge >= 0.3 is 0 Å². The molecule has 0 bridgehead atoms. The fraction of sp³-hybridized carbons (Fsp3) is 0.154. The van der Waals surface area contributed by atoms with Gasteiger partial charge in [-0.05, 0) is 58.2 Å². The fourth-order valence-corrected chi connectivity index (χ4v) is 5.17. The molecule has 3 heterocycles. The molecule has 7 heteroatoms. The predicted octanol–water partition coefficient (Wildman–Crippen LogP) is 5.92. The van der Waals surface area contributed by atoms with Crippen molar-refractivity contribution in [3.05, 3.63) is 105 Å². The zero-order chi connectivity index (χ0) is 22.5. The maximum atomic E-state index is 6.65. The first-order valence-corrected chi connectivity index (χ1v) is 11.5. The van der Waals surface area contributed by atoms with Crippen LogP contribution in [0.5, 0.6) is 11.5 Å². The van der Waals surface area contributed by atoms with E-state index in [1.807, 2.05) is 28.9 Å². The topological polar surface area (TPSA) is 61.2 Å². The molecule has 0 saturated heterocycles. The molecule has 1 N–H and O–H groups in total. The maximum Gasteiger partial charge on any atom is 0.226 e. The maximum absolute atomic E-state index is 6.65. The summed E-state index contributed by atoms with van der Waals surface area (Å²) in [6, 6.07) is 22.5. The fourth-order valence-electron chi connectivity index (χ4n) is 4.61. The van der Waals surface area contributed by atoms with Gasteiger partial charge in [0.25, 0.3) is 0 Å². The van der Waals surface area contributed by atoms with E-state index in [0.717, 1.165) is 43.9 Å². The summed E-state index contributed by atoms with van der Waals surface area (Å²) in [5, 5.41) is 8.12. The SMILES string of the molecule is COc1ccc([C@@H]2C3=C(Nc4ncnn42)c2ccccc2O[C@H]3c2ccc(C)cc2)cc1Br. The normalized spacial score (nSPS) is 18.5. The number of aryl methyl sites for hydroxylation is 1. The van der Waals surface area contributed by atoms with Gasteiger partial charge in [0.05, 0.1) is 17.3 Å². The van der Waals surface area contributed by atoms with Crippen molar-refractivity contribution in [3.8, 4) is 11.5 Å². The number of nitrogens with one attached hydrogen (secondary N) is 1. The minimum atomic E-state index is -0.286. The third kappa shape index (κ3) is 3.23. The zero-order valence-corrected chi connectivity index (χ0v) is 19.7. The van der Waals surface area contributed by atoms with Crippen molar-refractivity contribution >= 4 is 27.6 Å². The van der Waals surface area contributed by atoms with Gasteiger partial charge in [0.2, 0.25) is 5.95 Å². The highest BCUT2D eigenvalue weighted by atomic mass is 79.9. The molecule has 2 aliphatic rings. The van der Waals surface area contributed by atoms with Crippen LogP contribution >= 0.6 is 15.9 Å². The lowest BCUT2D eigenvalue weighted by atomic mass is 9.84. The van der Waals surface area contributed by atoms with Crippen LogP contribution in [0.15, 0.2) is 83.1 Å². The summed E-state index contributed by atoms with van der Waals surface area (Å²) >= 11 is 3.65. The lowest BCUT2D eigenvalue weighted by Gasteiger charge is -2.39. The number of benzene rings is 3. The predicted molar refractivity (Wildman–Crippen MR) is 130 cm³/mol. The number of rotatable bonds is 3. The number of halogens is 1. The average Bonchev–Trinajstić information content (AvgIpc) is 3.31. The second-order valence-corrected chi connectivity index (χ2v) is 9.04. The van der Waals surface area contributed by atoms with Gasteiger partial charge in [0.15, 0.2) is 0 Å². The minimum Gasteiger partial charge on any atom is -0.496 e. The monoisotopic (exact) mass is 500 g/mol. The molecular weight excluding hydrogens is 480 g/mol. The summed E-state index contributed by atoms with van der Waals surface area (Å²) in [6.45, 7) is 2.09. The van der Waals surface area contributed by atoms with Crippen molar-refractivity contribution in [2.75, 3.05) is 12.4 Å². The summed E-state index contributed by atoms with van der Waals surface area (Å²) in [5.74, 6) is 2.32. The van der Waals surface area contributed by atoms with Gasteiger partial charge in [0, 0.05) is 11.1 Å². The van der Waals surface area contributed by atoms with Crippen LogP contribution in [0.4, 0.5) is 5.95 Å². The Kier molecular flexibility index (Phi) is 4.73. The molecule has 1 aromatic heterocycles. The van der Waals surface area contributed by atoms with Crippen LogP contribution in [0.3, 0.4) is 0 Å². The molecule has 0 fully saturated rings. The molecule has 2 atom stereocenters. The number of anilines is 1. The standard InChI is InChI=1S/C26H21BrN4O2/c1-15-7-9-16(10-8-15)25-22-23(18-5-3-4-6-20(18)33-25)30-26-28-14-29-31(26)24(22)17-11-12-21(32-2)19(27)13-17/h3-14,24-25H,1-2H3,(H,28,29,30)/t24-,25+/m1/s1. The molecule has 2 aliphatic heterocycles. The molecule has 33 heavy (non-hydrogen) atoms. The highest BCUT2D eigenvalue weighted by molar-refractivity contribution is 9.10. The molecule has 164 valence electrons. The first-order chi connectivity index (χ1) is 16.1. The van der Waals surface area contributed by atoms with E-state index in [0.29, 0.717) is 5.95 Å². The van der Waals surface area contributed by atoms with E-state index >= 15 is 0 Å². The van der Waals surface area contributed by atoms with Crippen LogP contribution in [0.2, 0.25) is 0 Å². The van der Waals surface area contributed by atoms with Crippen molar-refractivity contribution < 1.29 is 9.47 Å². The van der Waals surface area contributed by atoms with Crippen molar-refractivity contribution in [2.45, 2.75) is 19.1 Å². The van der Waals surface area contributed by atoms with E-state index in [2.05, 4.69) is 80.7 Å². The van der Waals surface area contributed by atoms with E-state index in [1.165, 1.54) is 5.56 Å². The Hall–Kier alpha value is -3.58. The molecule has 0 unspecified atom stereocenters. The molecule has 3 aromatic carbocycles.